The minimum Gasteiger partial charge on any atom is -0.387 e. The molecular formula is C21H25ClN2O4S. The standard InChI is InChI=1S/C21H25ClN2O4S/c1-15-2-4-16(5-3-15)20(25)14-23-21(26)17-10-12-24(13-11-17)29(27,28)19-8-6-18(22)7-9-19/h2-9,17,20,25H,10-14H2,1H3,(H,23,26)/t20-/m0/s1. The van der Waals surface area contributed by atoms with Gasteiger partial charge in [0.2, 0.25) is 15.9 Å². The van der Waals surface area contributed by atoms with E-state index in [1.807, 2.05) is 31.2 Å². The molecule has 0 bridgehead atoms. The van der Waals surface area contributed by atoms with Crippen LogP contribution >= 0.6 is 11.6 Å². The molecule has 1 amide bonds. The molecule has 6 nitrogen and oxygen atoms in total. The molecule has 0 saturated carbocycles. The maximum absolute atomic E-state index is 12.7. The Kier molecular flexibility index (Phi) is 6.95. The second-order valence-corrected chi connectivity index (χ2v) is 9.68. The first-order chi connectivity index (χ1) is 13.8. The first kappa shape index (κ1) is 21.8. The quantitative estimate of drug-likeness (QED) is 0.728. The van der Waals surface area contributed by atoms with Gasteiger partial charge in [0.25, 0.3) is 0 Å². The normalized spacial score (nSPS) is 17.1. The van der Waals surface area contributed by atoms with Gasteiger partial charge in [0, 0.05) is 30.6 Å². The highest BCUT2D eigenvalue weighted by Gasteiger charge is 2.32. The molecule has 1 fully saturated rings. The molecule has 156 valence electrons. The summed E-state index contributed by atoms with van der Waals surface area (Å²) in [6, 6.07) is 13.6. The van der Waals surface area contributed by atoms with Crippen molar-refractivity contribution in [3.8, 4) is 0 Å². The number of carbonyl (C=O) groups is 1. The summed E-state index contributed by atoms with van der Waals surface area (Å²) in [7, 11) is -3.59. The molecule has 1 aliphatic rings. The van der Waals surface area contributed by atoms with Crippen molar-refractivity contribution in [3.05, 3.63) is 64.7 Å². The number of nitrogens with zero attached hydrogens (tertiary/aromatic N) is 1. The number of nitrogens with one attached hydrogen (secondary N) is 1. The van der Waals surface area contributed by atoms with Crippen LogP contribution in [0.4, 0.5) is 0 Å². The molecule has 2 aromatic rings. The molecule has 1 saturated heterocycles. The van der Waals surface area contributed by atoms with Crippen molar-refractivity contribution in [1.29, 1.82) is 0 Å². The number of rotatable bonds is 6. The van der Waals surface area contributed by atoms with E-state index >= 15 is 0 Å². The van der Waals surface area contributed by atoms with Crippen LogP contribution in [0.1, 0.15) is 30.1 Å². The number of aliphatic hydroxyl groups is 1. The largest absolute Gasteiger partial charge is 0.387 e. The van der Waals surface area contributed by atoms with E-state index in [2.05, 4.69) is 5.32 Å². The molecule has 1 aliphatic heterocycles. The van der Waals surface area contributed by atoms with Gasteiger partial charge in [0.05, 0.1) is 11.0 Å². The van der Waals surface area contributed by atoms with Crippen LogP contribution in [0.5, 0.6) is 0 Å². The summed E-state index contributed by atoms with van der Waals surface area (Å²) in [5.74, 6) is -0.420. The van der Waals surface area contributed by atoms with Gasteiger partial charge in [-0.1, -0.05) is 41.4 Å². The third-order valence-electron chi connectivity index (χ3n) is 5.21. The van der Waals surface area contributed by atoms with Gasteiger partial charge in [0.15, 0.2) is 0 Å². The number of piperidine rings is 1. The first-order valence-corrected chi connectivity index (χ1v) is 11.4. The molecule has 3 rings (SSSR count). The lowest BCUT2D eigenvalue weighted by atomic mass is 9.97. The zero-order valence-corrected chi connectivity index (χ0v) is 17.8. The summed E-state index contributed by atoms with van der Waals surface area (Å²) in [4.78, 5) is 12.6. The number of amides is 1. The fourth-order valence-corrected chi connectivity index (χ4v) is 4.96. The van der Waals surface area contributed by atoms with E-state index in [9.17, 15) is 18.3 Å². The lowest BCUT2D eigenvalue weighted by molar-refractivity contribution is -0.126. The summed E-state index contributed by atoms with van der Waals surface area (Å²) in [5, 5.41) is 13.5. The number of halogens is 1. The van der Waals surface area contributed by atoms with Crippen LogP contribution in [-0.4, -0.2) is 43.4 Å². The molecular weight excluding hydrogens is 412 g/mol. The number of hydrogen-bond acceptors (Lipinski definition) is 4. The topological polar surface area (TPSA) is 86.7 Å². The number of aryl methyl sites for hydroxylation is 1. The number of aliphatic hydroxyl groups excluding tert-OH is 1. The molecule has 2 aromatic carbocycles. The van der Waals surface area contributed by atoms with Gasteiger partial charge in [-0.15, -0.1) is 0 Å². The number of sulfonamides is 1. The number of benzene rings is 2. The Morgan fingerprint density at radius 3 is 2.31 bits per heavy atom. The van der Waals surface area contributed by atoms with Crippen molar-refractivity contribution < 1.29 is 18.3 Å². The second-order valence-electron chi connectivity index (χ2n) is 7.30. The van der Waals surface area contributed by atoms with Gasteiger partial charge < -0.3 is 10.4 Å². The van der Waals surface area contributed by atoms with Crippen molar-refractivity contribution in [2.75, 3.05) is 19.6 Å². The van der Waals surface area contributed by atoms with Crippen LogP contribution in [-0.2, 0) is 14.8 Å². The minimum atomic E-state index is -3.59. The average molecular weight is 437 g/mol. The molecule has 1 heterocycles. The van der Waals surface area contributed by atoms with Crippen LogP contribution < -0.4 is 5.32 Å². The Morgan fingerprint density at radius 1 is 1.14 bits per heavy atom. The predicted molar refractivity (Wildman–Crippen MR) is 112 cm³/mol. The van der Waals surface area contributed by atoms with Gasteiger partial charge >= 0.3 is 0 Å². The van der Waals surface area contributed by atoms with Crippen LogP contribution in [0.2, 0.25) is 5.02 Å². The number of hydrogen-bond donors (Lipinski definition) is 2. The van der Waals surface area contributed by atoms with Crippen molar-refractivity contribution in [2.24, 2.45) is 5.92 Å². The van der Waals surface area contributed by atoms with E-state index in [-0.39, 0.29) is 36.4 Å². The second kappa shape index (κ2) is 9.26. The molecule has 8 heteroatoms. The Morgan fingerprint density at radius 2 is 1.72 bits per heavy atom. The summed E-state index contributed by atoms with van der Waals surface area (Å²) in [6.07, 6.45) is 0.114. The highest BCUT2D eigenvalue weighted by atomic mass is 35.5. The fraction of sp³-hybridized carbons (Fsp3) is 0.381. The zero-order chi connectivity index (χ0) is 21.0. The maximum Gasteiger partial charge on any atom is 0.243 e. The summed E-state index contributed by atoms with van der Waals surface area (Å²) < 4.78 is 26.8. The van der Waals surface area contributed by atoms with Crippen molar-refractivity contribution >= 4 is 27.5 Å². The summed E-state index contributed by atoms with van der Waals surface area (Å²) in [6.45, 7) is 2.66. The SMILES string of the molecule is Cc1ccc([C@@H](O)CNC(=O)C2CCN(S(=O)(=O)c3ccc(Cl)cc3)CC2)cc1. The summed E-state index contributed by atoms with van der Waals surface area (Å²) >= 11 is 5.83. The molecule has 1 atom stereocenters. The van der Waals surface area contributed by atoms with Gasteiger partial charge in [-0.05, 0) is 49.6 Å². The van der Waals surface area contributed by atoms with E-state index in [1.165, 1.54) is 16.4 Å². The Labute approximate surface area is 176 Å². The van der Waals surface area contributed by atoms with Gasteiger partial charge in [-0.25, -0.2) is 8.42 Å². The molecule has 0 aromatic heterocycles. The van der Waals surface area contributed by atoms with Crippen LogP contribution in [0, 0.1) is 12.8 Å². The number of carbonyl (C=O) groups excluding carboxylic acids is 1. The Hall–Kier alpha value is -1.93. The first-order valence-electron chi connectivity index (χ1n) is 9.55. The van der Waals surface area contributed by atoms with E-state index in [0.29, 0.717) is 17.9 Å². The van der Waals surface area contributed by atoms with Gasteiger partial charge in [0.1, 0.15) is 0 Å². The molecule has 0 spiro atoms. The zero-order valence-electron chi connectivity index (χ0n) is 16.2. The lowest BCUT2D eigenvalue weighted by Gasteiger charge is -2.30. The molecule has 29 heavy (non-hydrogen) atoms. The third-order valence-corrected chi connectivity index (χ3v) is 7.37. The smallest absolute Gasteiger partial charge is 0.243 e. The minimum absolute atomic E-state index is 0.130. The van der Waals surface area contributed by atoms with E-state index in [0.717, 1.165) is 11.1 Å². The van der Waals surface area contributed by atoms with Crippen LogP contribution in [0.25, 0.3) is 0 Å². The molecule has 0 unspecified atom stereocenters. The molecule has 0 radical (unpaired) electrons. The van der Waals surface area contributed by atoms with E-state index in [1.54, 1.807) is 12.1 Å². The van der Waals surface area contributed by atoms with Crippen LogP contribution in [0.3, 0.4) is 0 Å². The lowest BCUT2D eigenvalue weighted by Crippen LogP contribution is -2.43. The fourth-order valence-electron chi connectivity index (χ4n) is 3.36. The predicted octanol–water partition coefficient (Wildman–Crippen LogP) is 2.90. The summed E-state index contributed by atoms with van der Waals surface area (Å²) in [5.41, 5.74) is 1.85. The van der Waals surface area contributed by atoms with Gasteiger partial charge in [-0.2, -0.15) is 4.31 Å². The molecule has 2 N–H and O–H groups in total. The van der Waals surface area contributed by atoms with Crippen molar-refractivity contribution in [2.45, 2.75) is 30.8 Å². The molecule has 0 aliphatic carbocycles. The monoisotopic (exact) mass is 436 g/mol. The third kappa shape index (κ3) is 5.36. The van der Waals surface area contributed by atoms with Crippen LogP contribution in [0.15, 0.2) is 53.4 Å². The maximum atomic E-state index is 12.7. The highest BCUT2D eigenvalue weighted by Crippen LogP contribution is 2.25. The Balaban J connectivity index is 1.51. The van der Waals surface area contributed by atoms with E-state index < -0.39 is 16.1 Å². The highest BCUT2D eigenvalue weighted by molar-refractivity contribution is 7.89. The van der Waals surface area contributed by atoms with Crippen molar-refractivity contribution in [1.82, 2.24) is 9.62 Å². The van der Waals surface area contributed by atoms with Crippen molar-refractivity contribution in [3.63, 3.8) is 0 Å². The average Bonchev–Trinajstić information content (AvgIpc) is 2.72. The Bertz CT molecular complexity index is 938. The van der Waals surface area contributed by atoms with Gasteiger partial charge in [-0.3, -0.25) is 4.79 Å². The van der Waals surface area contributed by atoms with E-state index in [4.69, 9.17) is 11.6 Å².